The molecule has 8 nitrogen and oxygen atoms in total. The Labute approximate surface area is 118 Å². The maximum Gasteiger partial charge on any atom is 0.335 e. The molecule has 0 unspecified atom stereocenters. The Morgan fingerprint density at radius 2 is 1.86 bits per heavy atom. The Morgan fingerprint density at radius 3 is 2.38 bits per heavy atom. The van der Waals surface area contributed by atoms with E-state index in [9.17, 15) is 27.5 Å². The van der Waals surface area contributed by atoms with E-state index in [0.29, 0.717) is 12.1 Å². The van der Waals surface area contributed by atoms with Crippen LogP contribution < -0.4 is 4.72 Å². The lowest BCUT2D eigenvalue weighted by Crippen LogP contribution is -2.33. The van der Waals surface area contributed by atoms with Crippen LogP contribution in [-0.2, 0) is 14.8 Å². The van der Waals surface area contributed by atoms with Crippen molar-refractivity contribution in [2.24, 2.45) is 0 Å². The number of nitrogens with one attached hydrogen (secondary N) is 1. The molecule has 0 spiro atoms. The van der Waals surface area contributed by atoms with Crippen molar-refractivity contribution < 1.29 is 37.7 Å². The summed E-state index contributed by atoms with van der Waals surface area (Å²) in [4.78, 5) is 20.4. The fraction of sp³-hybridized carbons (Fsp3) is 0.273. The average Bonchev–Trinajstić information content (AvgIpc) is 2.35. The van der Waals surface area contributed by atoms with Gasteiger partial charge < -0.3 is 15.3 Å². The highest BCUT2D eigenvalue weighted by atomic mass is 32.2. The maximum absolute atomic E-state index is 13.2. The first-order chi connectivity index (χ1) is 9.61. The molecule has 0 aliphatic rings. The summed E-state index contributed by atoms with van der Waals surface area (Å²) in [6.07, 6.45) is -2.14. The highest BCUT2D eigenvalue weighted by molar-refractivity contribution is 7.89. The average molecular weight is 321 g/mol. The molecule has 1 aromatic carbocycles. The third-order valence-electron chi connectivity index (χ3n) is 2.35. The standard InChI is InChI=1S/C11H12FNO7S/c12-7-1-6(11(17)18)2-9(3-7)21(19,20)13-5-8(14)4-10(15)16/h1-3,8,13-14H,4-5H2,(H,15,16)(H,17,18)/t8-/m1/s1. The molecule has 0 radical (unpaired) electrons. The highest BCUT2D eigenvalue weighted by Gasteiger charge is 2.20. The fourth-order valence-corrected chi connectivity index (χ4v) is 2.53. The van der Waals surface area contributed by atoms with Crippen molar-refractivity contribution in [3.8, 4) is 0 Å². The summed E-state index contributed by atoms with van der Waals surface area (Å²) < 4.78 is 38.7. The molecule has 1 atom stereocenters. The fourth-order valence-electron chi connectivity index (χ4n) is 1.40. The van der Waals surface area contributed by atoms with E-state index >= 15 is 0 Å². The van der Waals surface area contributed by atoms with Crippen molar-refractivity contribution in [2.45, 2.75) is 17.4 Å². The minimum Gasteiger partial charge on any atom is -0.481 e. The summed E-state index contributed by atoms with van der Waals surface area (Å²) in [5.74, 6) is -3.88. The van der Waals surface area contributed by atoms with Gasteiger partial charge in [0.25, 0.3) is 0 Å². The molecule has 0 aromatic heterocycles. The lowest BCUT2D eigenvalue weighted by Gasteiger charge is -2.11. The molecule has 0 heterocycles. The van der Waals surface area contributed by atoms with E-state index < -0.39 is 57.3 Å². The van der Waals surface area contributed by atoms with Gasteiger partial charge in [0.2, 0.25) is 10.0 Å². The SMILES string of the molecule is O=C(O)C[C@@H](O)CNS(=O)(=O)c1cc(F)cc(C(=O)O)c1. The molecule has 0 bridgehead atoms. The van der Waals surface area contributed by atoms with E-state index in [2.05, 4.69) is 0 Å². The van der Waals surface area contributed by atoms with Crippen molar-refractivity contribution in [1.82, 2.24) is 4.72 Å². The van der Waals surface area contributed by atoms with Crippen molar-refractivity contribution in [2.75, 3.05) is 6.54 Å². The lowest BCUT2D eigenvalue weighted by atomic mass is 10.2. The molecular weight excluding hydrogens is 309 g/mol. The molecule has 21 heavy (non-hydrogen) atoms. The number of carboxylic acid groups (broad SMARTS) is 2. The Hall–Kier alpha value is -2.04. The normalized spacial score (nSPS) is 12.9. The first-order valence-electron chi connectivity index (χ1n) is 5.55. The molecule has 1 aromatic rings. The molecular formula is C11H12FNO7S. The number of rotatable bonds is 7. The van der Waals surface area contributed by atoms with Crippen molar-refractivity contribution in [3.63, 3.8) is 0 Å². The van der Waals surface area contributed by atoms with Crippen LogP contribution in [0.4, 0.5) is 4.39 Å². The number of hydrogen-bond donors (Lipinski definition) is 4. The number of benzene rings is 1. The van der Waals surface area contributed by atoms with E-state index in [4.69, 9.17) is 10.2 Å². The van der Waals surface area contributed by atoms with Gasteiger partial charge in [-0.1, -0.05) is 0 Å². The number of sulfonamides is 1. The molecule has 10 heteroatoms. The monoisotopic (exact) mass is 321 g/mol. The summed E-state index contributed by atoms with van der Waals surface area (Å²) in [6, 6.07) is 2.01. The molecule has 1 rings (SSSR count). The number of aliphatic hydroxyl groups excluding tert-OH is 1. The summed E-state index contributed by atoms with van der Waals surface area (Å²) in [5.41, 5.74) is -0.554. The molecule has 0 saturated carbocycles. The predicted octanol–water partition coefficient (Wildman–Crippen LogP) is -0.362. The molecule has 0 saturated heterocycles. The minimum absolute atomic E-state index is 0.554. The predicted molar refractivity (Wildman–Crippen MR) is 66.8 cm³/mol. The van der Waals surface area contributed by atoms with Crippen molar-refractivity contribution in [1.29, 1.82) is 0 Å². The summed E-state index contributed by atoms with van der Waals surface area (Å²) in [7, 11) is -4.28. The van der Waals surface area contributed by atoms with Crippen molar-refractivity contribution in [3.05, 3.63) is 29.6 Å². The van der Waals surface area contributed by atoms with Gasteiger partial charge in [-0.05, 0) is 18.2 Å². The number of aliphatic carboxylic acids is 1. The van der Waals surface area contributed by atoms with Crippen LogP contribution in [0.3, 0.4) is 0 Å². The second-order valence-electron chi connectivity index (χ2n) is 4.08. The van der Waals surface area contributed by atoms with Crippen LogP contribution in [0.15, 0.2) is 23.1 Å². The summed E-state index contributed by atoms with van der Waals surface area (Å²) >= 11 is 0. The first-order valence-corrected chi connectivity index (χ1v) is 7.03. The zero-order chi connectivity index (χ0) is 16.2. The lowest BCUT2D eigenvalue weighted by molar-refractivity contribution is -0.139. The topological polar surface area (TPSA) is 141 Å². The van der Waals surface area contributed by atoms with Gasteiger partial charge in [0.05, 0.1) is 23.0 Å². The van der Waals surface area contributed by atoms with E-state index in [1.807, 2.05) is 4.72 Å². The second-order valence-corrected chi connectivity index (χ2v) is 5.85. The molecule has 0 fully saturated rings. The third-order valence-corrected chi connectivity index (χ3v) is 3.75. The van der Waals surface area contributed by atoms with E-state index in [1.54, 1.807) is 0 Å². The van der Waals surface area contributed by atoms with E-state index in [1.165, 1.54) is 0 Å². The van der Waals surface area contributed by atoms with E-state index in [0.717, 1.165) is 6.07 Å². The highest BCUT2D eigenvalue weighted by Crippen LogP contribution is 2.14. The van der Waals surface area contributed by atoms with Crippen LogP contribution in [0.1, 0.15) is 16.8 Å². The smallest absolute Gasteiger partial charge is 0.335 e. The van der Waals surface area contributed by atoms with Crippen LogP contribution >= 0.6 is 0 Å². The molecule has 0 aliphatic heterocycles. The number of hydrogen-bond acceptors (Lipinski definition) is 5. The second kappa shape index (κ2) is 6.61. The zero-order valence-corrected chi connectivity index (χ0v) is 11.3. The van der Waals surface area contributed by atoms with Gasteiger partial charge in [-0.2, -0.15) is 0 Å². The van der Waals surface area contributed by atoms with E-state index in [-0.39, 0.29) is 0 Å². The van der Waals surface area contributed by atoms with Crippen molar-refractivity contribution >= 4 is 22.0 Å². The van der Waals surface area contributed by atoms with Crippen LogP contribution in [0, 0.1) is 5.82 Å². The third kappa shape index (κ3) is 5.10. The van der Waals surface area contributed by atoms with Crippen LogP contribution in [-0.4, -0.2) is 48.3 Å². The quantitative estimate of drug-likeness (QED) is 0.537. The molecule has 4 N–H and O–H groups in total. The minimum atomic E-state index is -4.28. The Balaban J connectivity index is 2.93. The van der Waals surface area contributed by atoms with Crippen LogP contribution in [0.25, 0.3) is 0 Å². The maximum atomic E-state index is 13.2. The summed E-state index contributed by atoms with van der Waals surface area (Å²) in [6.45, 7) is -0.604. The first kappa shape index (κ1) is 17.0. The van der Waals surface area contributed by atoms with Crippen LogP contribution in [0.2, 0.25) is 0 Å². The van der Waals surface area contributed by atoms with Gasteiger partial charge in [-0.25, -0.2) is 22.3 Å². The number of carbonyl (C=O) groups is 2. The number of carboxylic acids is 2. The Kier molecular flexibility index (Phi) is 5.35. The largest absolute Gasteiger partial charge is 0.481 e. The molecule has 0 amide bonds. The zero-order valence-electron chi connectivity index (χ0n) is 10.5. The molecule has 0 aliphatic carbocycles. The Bertz CT molecular complexity index is 659. The van der Waals surface area contributed by atoms with Gasteiger partial charge in [0.1, 0.15) is 5.82 Å². The van der Waals surface area contributed by atoms with Crippen LogP contribution in [0.5, 0.6) is 0 Å². The number of halogens is 1. The van der Waals surface area contributed by atoms with Gasteiger partial charge in [0, 0.05) is 6.54 Å². The molecule has 116 valence electrons. The summed E-state index contributed by atoms with van der Waals surface area (Å²) in [5, 5.41) is 26.4. The van der Waals surface area contributed by atoms with Gasteiger partial charge in [-0.15, -0.1) is 0 Å². The van der Waals surface area contributed by atoms with Gasteiger partial charge in [0.15, 0.2) is 0 Å². The van der Waals surface area contributed by atoms with Gasteiger partial charge >= 0.3 is 11.9 Å². The van der Waals surface area contributed by atoms with Gasteiger partial charge in [-0.3, -0.25) is 4.79 Å². The Morgan fingerprint density at radius 1 is 1.24 bits per heavy atom. The number of aromatic carboxylic acids is 1. The number of aliphatic hydroxyl groups is 1.